The second-order valence-electron chi connectivity index (χ2n) is 8.69. The standard InChI is InChI=1S/C19H36N4O5/c1-11(2)9-14(21-18(27)28-19(6,7)8)16(25)20-15(10-12(3)4)17(26)23-22-13(5)24/h11-12,14-15H,9-10H2,1-8H3,(H,20,25)(H,21,27)(H,22,24)(H,23,26)/t14-,15-/m0/s1. The highest BCUT2D eigenvalue weighted by Gasteiger charge is 2.29. The van der Waals surface area contributed by atoms with Crippen LogP contribution in [0.25, 0.3) is 0 Å². The van der Waals surface area contributed by atoms with E-state index in [4.69, 9.17) is 4.74 Å². The maximum Gasteiger partial charge on any atom is 0.408 e. The summed E-state index contributed by atoms with van der Waals surface area (Å²) < 4.78 is 5.23. The van der Waals surface area contributed by atoms with Gasteiger partial charge in [-0.3, -0.25) is 25.2 Å². The molecule has 0 spiro atoms. The van der Waals surface area contributed by atoms with Crippen molar-refractivity contribution in [2.45, 2.75) is 85.9 Å². The summed E-state index contributed by atoms with van der Waals surface area (Å²) in [6, 6.07) is -1.70. The second-order valence-corrected chi connectivity index (χ2v) is 8.69. The van der Waals surface area contributed by atoms with Crippen molar-refractivity contribution in [3.63, 3.8) is 0 Å². The van der Waals surface area contributed by atoms with Gasteiger partial charge in [0.15, 0.2) is 0 Å². The van der Waals surface area contributed by atoms with Crippen molar-refractivity contribution in [2.75, 3.05) is 0 Å². The van der Waals surface area contributed by atoms with Crippen LogP contribution in [-0.4, -0.2) is 41.5 Å². The molecular weight excluding hydrogens is 364 g/mol. The molecule has 0 aromatic heterocycles. The molecule has 0 heterocycles. The quantitative estimate of drug-likeness (QED) is 0.461. The van der Waals surface area contributed by atoms with Gasteiger partial charge in [0, 0.05) is 6.92 Å². The van der Waals surface area contributed by atoms with Gasteiger partial charge in [-0.25, -0.2) is 4.79 Å². The number of nitrogens with one attached hydrogen (secondary N) is 4. The Morgan fingerprint density at radius 3 is 1.64 bits per heavy atom. The second kappa shape index (κ2) is 11.5. The fourth-order valence-electron chi connectivity index (χ4n) is 2.36. The Kier molecular flexibility index (Phi) is 10.6. The van der Waals surface area contributed by atoms with Crippen LogP contribution in [0.4, 0.5) is 4.79 Å². The molecule has 0 saturated carbocycles. The number of rotatable bonds is 8. The Morgan fingerprint density at radius 1 is 0.786 bits per heavy atom. The van der Waals surface area contributed by atoms with Gasteiger partial charge < -0.3 is 15.4 Å². The van der Waals surface area contributed by atoms with Gasteiger partial charge in [0.2, 0.25) is 11.8 Å². The van der Waals surface area contributed by atoms with Crippen molar-refractivity contribution in [2.24, 2.45) is 11.8 Å². The summed E-state index contributed by atoms with van der Waals surface area (Å²) >= 11 is 0. The van der Waals surface area contributed by atoms with E-state index in [-0.39, 0.29) is 11.8 Å². The Labute approximate surface area is 167 Å². The minimum Gasteiger partial charge on any atom is -0.444 e. The van der Waals surface area contributed by atoms with E-state index in [0.29, 0.717) is 12.8 Å². The van der Waals surface area contributed by atoms with E-state index >= 15 is 0 Å². The number of hydrazine groups is 1. The zero-order valence-electron chi connectivity index (χ0n) is 18.3. The first-order valence-corrected chi connectivity index (χ1v) is 9.57. The Bertz CT molecular complexity index is 555. The molecule has 0 rings (SSSR count). The molecule has 0 aliphatic rings. The zero-order valence-corrected chi connectivity index (χ0v) is 18.3. The van der Waals surface area contributed by atoms with Crippen molar-refractivity contribution in [1.82, 2.24) is 21.5 Å². The van der Waals surface area contributed by atoms with Crippen LogP contribution in [0.15, 0.2) is 0 Å². The lowest BCUT2D eigenvalue weighted by atomic mass is 10.0. The van der Waals surface area contributed by atoms with Gasteiger partial charge in [-0.15, -0.1) is 0 Å². The average molecular weight is 401 g/mol. The molecule has 0 aliphatic heterocycles. The summed E-state index contributed by atoms with van der Waals surface area (Å²) in [5, 5.41) is 5.25. The van der Waals surface area contributed by atoms with Crippen LogP contribution in [0.5, 0.6) is 0 Å². The molecule has 0 unspecified atom stereocenters. The largest absolute Gasteiger partial charge is 0.444 e. The normalized spacial score (nSPS) is 13.5. The highest BCUT2D eigenvalue weighted by molar-refractivity contribution is 5.92. The van der Waals surface area contributed by atoms with E-state index in [1.54, 1.807) is 20.8 Å². The third-order valence-electron chi connectivity index (χ3n) is 3.42. The SMILES string of the molecule is CC(=O)NNC(=O)[C@H](CC(C)C)NC(=O)[C@H](CC(C)C)NC(=O)OC(C)(C)C. The minimum absolute atomic E-state index is 0.121. The van der Waals surface area contributed by atoms with Gasteiger partial charge in [-0.1, -0.05) is 27.7 Å². The van der Waals surface area contributed by atoms with Crippen molar-refractivity contribution < 1.29 is 23.9 Å². The average Bonchev–Trinajstić information content (AvgIpc) is 2.48. The van der Waals surface area contributed by atoms with Gasteiger partial charge in [-0.05, 0) is 45.4 Å². The monoisotopic (exact) mass is 400 g/mol. The predicted octanol–water partition coefficient (Wildman–Crippen LogP) is 1.62. The molecule has 0 aromatic carbocycles. The van der Waals surface area contributed by atoms with E-state index in [1.165, 1.54) is 6.92 Å². The van der Waals surface area contributed by atoms with E-state index in [1.807, 2.05) is 27.7 Å². The molecule has 0 fully saturated rings. The number of carbonyl (C=O) groups excluding carboxylic acids is 4. The molecule has 0 aromatic rings. The zero-order chi connectivity index (χ0) is 22.1. The van der Waals surface area contributed by atoms with Crippen LogP contribution in [-0.2, 0) is 19.1 Å². The van der Waals surface area contributed by atoms with Crippen LogP contribution in [0.1, 0.15) is 68.2 Å². The summed E-state index contributed by atoms with van der Waals surface area (Å²) in [5.74, 6) is -1.19. The van der Waals surface area contributed by atoms with Crippen molar-refractivity contribution in [3.05, 3.63) is 0 Å². The van der Waals surface area contributed by atoms with Gasteiger partial charge in [0.05, 0.1) is 0 Å². The summed E-state index contributed by atoms with van der Waals surface area (Å²) in [4.78, 5) is 48.2. The lowest BCUT2D eigenvalue weighted by molar-refractivity contribution is -0.132. The molecule has 0 aliphatic carbocycles. The van der Waals surface area contributed by atoms with Gasteiger partial charge >= 0.3 is 6.09 Å². The smallest absolute Gasteiger partial charge is 0.408 e. The summed E-state index contributed by atoms with van der Waals surface area (Å²) in [7, 11) is 0. The highest BCUT2D eigenvalue weighted by Crippen LogP contribution is 2.11. The maximum absolute atomic E-state index is 12.8. The van der Waals surface area contributed by atoms with Crippen molar-refractivity contribution >= 4 is 23.8 Å². The summed E-state index contributed by atoms with van der Waals surface area (Å²) in [6.07, 6.45) is 0.0570. The number of hydrogen-bond donors (Lipinski definition) is 4. The van der Waals surface area contributed by atoms with Crippen molar-refractivity contribution in [3.8, 4) is 0 Å². The molecule has 0 bridgehead atoms. The number of alkyl carbamates (subject to hydrolysis) is 1. The van der Waals surface area contributed by atoms with Crippen LogP contribution in [0.2, 0.25) is 0 Å². The predicted molar refractivity (Wildman–Crippen MR) is 106 cm³/mol. The molecule has 0 saturated heterocycles. The third-order valence-corrected chi connectivity index (χ3v) is 3.42. The summed E-state index contributed by atoms with van der Waals surface area (Å²) in [5.41, 5.74) is 3.80. The fraction of sp³-hybridized carbons (Fsp3) is 0.789. The van der Waals surface area contributed by atoms with Gasteiger partial charge in [0.25, 0.3) is 5.91 Å². The first-order chi connectivity index (χ1) is 12.7. The molecule has 9 heteroatoms. The number of amides is 4. The highest BCUT2D eigenvalue weighted by atomic mass is 16.6. The van der Waals surface area contributed by atoms with E-state index in [0.717, 1.165) is 0 Å². The Morgan fingerprint density at radius 2 is 1.25 bits per heavy atom. The summed E-state index contributed by atoms with van der Waals surface area (Å²) in [6.45, 7) is 14.1. The van der Waals surface area contributed by atoms with E-state index in [9.17, 15) is 19.2 Å². The van der Waals surface area contributed by atoms with Crippen LogP contribution in [0.3, 0.4) is 0 Å². The van der Waals surface area contributed by atoms with Crippen LogP contribution < -0.4 is 21.5 Å². The molecule has 4 N–H and O–H groups in total. The number of ether oxygens (including phenoxy) is 1. The van der Waals surface area contributed by atoms with Crippen molar-refractivity contribution in [1.29, 1.82) is 0 Å². The number of hydrogen-bond acceptors (Lipinski definition) is 5. The van der Waals surface area contributed by atoms with Gasteiger partial charge in [0.1, 0.15) is 17.7 Å². The molecule has 9 nitrogen and oxygen atoms in total. The third kappa shape index (κ3) is 12.1. The molecular formula is C19H36N4O5. The lowest BCUT2D eigenvalue weighted by Gasteiger charge is -2.26. The Hall–Kier alpha value is -2.32. The fourth-order valence-corrected chi connectivity index (χ4v) is 2.36. The molecule has 0 radical (unpaired) electrons. The van der Waals surface area contributed by atoms with E-state index in [2.05, 4.69) is 21.5 Å². The minimum atomic E-state index is -0.852. The first-order valence-electron chi connectivity index (χ1n) is 9.57. The van der Waals surface area contributed by atoms with Gasteiger partial charge in [-0.2, -0.15) is 0 Å². The van der Waals surface area contributed by atoms with Crippen LogP contribution >= 0.6 is 0 Å². The first kappa shape index (κ1) is 25.7. The topological polar surface area (TPSA) is 126 Å². The molecule has 162 valence electrons. The van der Waals surface area contributed by atoms with E-state index < -0.39 is 41.5 Å². The van der Waals surface area contributed by atoms with Crippen LogP contribution in [0, 0.1) is 11.8 Å². The Balaban J connectivity index is 5.20. The lowest BCUT2D eigenvalue weighted by Crippen LogP contribution is -2.56. The number of carbonyl (C=O) groups is 4. The molecule has 28 heavy (non-hydrogen) atoms. The molecule has 4 amide bonds. The maximum atomic E-state index is 12.8. The molecule has 2 atom stereocenters.